The molecule has 1 heterocycles. The van der Waals surface area contributed by atoms with E-state index in [0.717, 1.165) is 6.42 Å². The maximum atomic E-state index is 10.7. The molecule has 0 unspecified atom stereocenters. The third kappa shape index (κ3) is 1.50. The largest absolute Gasteiger partial charge is 0.447 e. The fourth-order valence-corrected chi connectivity index (χ4v) is 0.774. The standard InChI is InChI=1S/C7H11NO2/c1-2-3-4-8-5-6-10-7(8)9/h3-4H,2,5-6H2,1H3. The Balaban J connectivity index is 2.40. The van der Waals surface area contributed by atoms with Crippen molar-refractivity contribution < 1.29 is 9.53 Å². The van der Waals surface area contributed by atoms with E-state index in [4.69, 9.17) is 4.74 Å². The number of allylic oxidation sites excluding steroid dienone is 1. The van der Waals surface area contributed by atoms with Crippen LogP contribution in [0, 0.1) is 0 Å². The van der Waals surface area contributed by atoms with Crippen LogP contribution in [-0.4, -0.2) is 24.1 Å². The number of nitrogens with zero attached hydrogens (tertiary/aromatic N) is 1. The minimum atomic E-state index is -0.232. The van der Waals surface area contributed by atoms with Crippen molar-refractivity contribution in [2.75, 3.05) is 13.2 Å². The predicted octanol–water partition coefficient (Wildman–Crippen LogP) is 1.36. The number of cyclic esters (lactones) is 1. The monoisotopic (exact) mass is 141 g/mol. The van der Waals surface area contributed by atoms with Crippen molar-refractivity contribution in [3.8, 4) is 0 Å². The van der Waals surface area contributed by atoms with E-state index in [0.29, 0.717) is 13.2 Å². The van der Waals surface area contributed by atoms with Gasteiger partial charge in [-0.3, -0.25) is 4.90 Å². The number of carbonyl (C=O) groups is 1. The van der Waals surface area contributed by atoms with E-state index in [1.165, 1.54) is 0 Å². The molecule has 1 aliphatic rings. The molecular weight excluding hydrogens is 130 g/mol. The molecule has 0 aromatic heterocycles. The molecule has 3 heteroatoms. The van der Waals surface area contributed by atoms with Gasteiger partial charge in [0.1, 0.15) is 6.61 Å². The molecule has 0 saturated carbocycles. The summed E-state index contributed by atoms with van der Waals surface area (Å²) < 4.78 is 4.70. The number of hydrogen-bond donors (Lipinski definition) is 0. The summed E-state index contributed by atoms with van der Waals surface area (Å²) in [6, 6.07) is 0. The zero-order chi connectivity index (χ0) is 7.40. The lowest BCUT2D eigenvalue weighted by molar-refractivity contribution is 0.166. The molecule has 0 aliphatic carbocycles. The summed E-state index contributed by atoms with van der Waals surface area (Å²) in [5.74, 6) is 0. The number of hydrogen-bond acceptors (Lipinski definition) is 2. The van der Waals surface area contributed by atoms with Gasteiger partial charge in [-0.15, -0.1) is 0 Å². The van der Waals surface area contributed by atoms with Gasteiger partial charge in [-0.05, 0) is 6.42 Å². The Bertz CT molecular complexity index is 154. The first-order valence-electron chi connectivity index (χ1n) is 3.44. The first-order valence-corrected chi connectivity index (χ1v) is 3.44. The normalized spacial score (nSPS) is 18.5. The highest BCUT2D eigenvalue weighted by molar-refractivity contribution is 5.70. The van der Waals surface area contributed by atoms with Crippen LogP contribution in [0.1, 0.15) is 13.3 Å². The van der Waals surface area contributed by atoms with Crippen LogP contribution in [0.4, 0.5) is 4.79 Å². The van der Waals surface area contributed by atoms with Crippen LogP contribution in [-0.2, 0) is 4.74 Å². The first-order chi connectivity index (χ1) is 4.84. The highest BCUT2D eigenvalue weighted by Gasteiger charge is 2.18. The Hall–Kier alpha value is -0.990. The number of carbonyl (C=O) groups excluding carboxylic acids is 1. The molecule has 0 bridgehead atoms. The molecule has 1 fully saturated rings. The highest BCUT2D eigenvalue weighted by Crippen LogP contribution is 2.03. The third-order valence-electron chi connectivity index (χ3n) is 1.31. The highest BCUT2D eigenvalue weighted by atomic mass is 16.6. The second-order valence-corrected chi connectivity index (χ2v) is 2.10. The minimum Gasteiger partial charge on any atom is -0.447 e. The second-order valence-electron chi connectivity index (χ2n) is 2.10. The van der Waals surface area contributed by atoms with E-state index in [1.807, 2.05) is 13.0 Å². The molecule has 0 aromatic rings. The average molecular weight is 141 g/mol. The van der Waals surface area contributed by atoms with E-state index >= 15 is 0 Å². The van der Waals surface area contributed by atoms with Crippen molar-refractivity contribution in [3.63, 3.8) is 0 Å². The molecule has 3 nitrogen and oxygen atoms in total. The van der Waals surface area contributed by atoms with Crippen LogP contribution >= 0.6 is 0 Å². The lowest BCUT2D eigenvalue weighted by Crippen LogP contribution is -2.16. The van der Waals surface area contributed by atoms with Crippen LogP contribution in [0.15, 0.2) is 12.3 Å². The van der Waals surface area contributed by atoms with Crippen molar-refractivity contribution in [3.05, 3.63) is 12.3 Å². The van der Waals surface area contributed by atoms with Gasteiger partial charge in [-0.25, -0.2) is 4.79 Å². The smallest absolute Gasteiger partial charge is 0.413 e. The van der Waals surface area contributed by atoms with Gasteiger partial charge in [0, 0.05) is 6.20 Å². The van der Waals surface area contributed by atoms with Gasteiger partial charge < -0.3 is 4.74 Å². The van der Waals surface area contributed by atoms with Gasteiger partial charge in [0.2, 0.25) is 0 Å². The SMILES string of the molecule is CCC=CN1CCOC1=O. The number of rotatable bonds is 2. The van der Waals surface area contributed by atoms with Gasteiger partial charge in [0.25, 0.3) is 0 Å². The molecule has 0 radical (unpaired) electrons. The fourth-order valence-electron chi connectivity index (χ4n) is 0.774. The lowest BCUT2D eigenvalue weighted by atomic mass is 10.4. The van der Waals surface area contributed by atoms with Gasteiger partial charge in [0.05, 0.1) is 6.54 Å². The van der Waals surface area contributed by atoms with Crippen LogP contribution in [0.3, 0.4) is 0 Å². The Labute approximate surface area is 60.3 Å². The van der Waals surface area contributed by atoms with E-state index < -0.39 is 0 Å². The molecular formula is C7H11NO2. The topological polar surface area (TPSA) is 29.5 Å². The molecule has 56 valence electrons. The third-order valence-corrected chi connectivity index (χ3v) is 1.31. The zero-order valence-corrected chi connectivity index (χ0v) is 6.04. The summed E-state index contributed by atoms with van der Waals surface area (Å²) >= 11 is 0. The molecule has 1 amide bonds. The van der Waals surface area contributed by atoms with Crippen molar-refractivity contribution in [2.45, 2.75) is 13.3 Å². The quantitative estimate of drug-likeness (QED) is 0.581. The number of amides is 1. The Morgan fingerprint density at radius 3 is 3.10 bits per heavy atom. The summed E-state index contributed by atoms with van der Waals surface area (Å²) in [5, 5.41) is 0. The average Bonchev–Trinajstić information content (AvgIpc) is 2.31. The van der Waals surface area contributed by atoms with Crippen molar-refractivity contribution >= 4 is 6.09 Å². The second kappa shape index (κ2) is 3.25. The van der Waals surface area contributed by atoms with E-state index in [-0.39, 0.29) is 6.09 Å². The molecule has 0 atom stereocenters. The van der Waals surface area contributed by atoms with Crippen LogP contribution in [0.2, 0.25) is 0 Å². The minimum absolute atomic E-state index is 0.232. The van der Waals surface area contributed by atoms with Gasteiger partial charge in [0.15, 0.2) is 0 Å². The van der Waals surface area contributed by atoms with Crippen molar-refractivity contribution in [1.29, 1.82) is 0 Å². The van der Waals surface area contributed by atoms with Crippen LogP contribution in [0.5, 0.6) is 0 Å². The maximum absolute atomic E-state index is 10.7. The predicted molar refractivity (Wildman–Crippen MR) is 37.5 cm³/mol. The van der Waals surface area contributed by atoms with Gasteiger partial charge >= 0.3 is 6.09 Å². The van der Waals surface area contributed by atoms with Crippen molar-refractivity contribution in [1.82, 2.24) is 4.90 Å². The van der Waals surface area contributed by atoms with E-state index in [2.05, 4.69) is 0 Å². The summed E-state index contributed by atoms with van der Waals surface area (Å²) in [4.78, 5) is 12.3. The van der Waals surface area contributed by atoms with Crippen LogP contribution in [0.25, 0.3) is 0 Å². The Kier molecular flexibility index (Phi) is 2.31. The van der Waals surface area contributed by atoms with Crippen LogP contribution < -0.4 is 0 Å². The summed E-state index contributed by atoms with van der Waals surface area (Å²) in [6.45, 7) is 3.24. The molecule has 1 rings (SSSR count). The molecule has 0 spiro atoms. The van der Waals surface area contributed by atoms with Gasteiger partial charge in [-0.2, -0.15) is 0 Å². The summed E-state index contributed by atoms with van der Waals surface area (Å²) in [5.41, 5.74) is 0. The van der Waals surface area contributed by atoms with E-state index in [1.54, 1.807) is 11.1 Å². The molecule has 0 aromatic carbocycles. The Morgan fingerprint density at radius 1 is 1.80 bits per heavy atom. The molecule has 1 aliphatic heterocycles. The lowest BCUT2D eigenvalue weighted by Gasteiger charge is -2.03. The molecule has 10 heavy (non-hydrogen) atoms. The fraction of sp³-hybridized carbons (Fsp3) is 0.571. The summed E-state index contributed by atoms with van der Waals surface area (Å²) in [6.07, 6.45) is 4.43. The van der Waals surface area contributed by atoms with Crippen molar-refractivity contribution in [2.24, 2.45) is 0 Å². The molecule has 0 N–H and O–H groups in total. The Morgan fingerprint density at radius 2 is 2.60 bits per heavy atom. The zero-order valence-electron chi connectivity index (χ0n) is 6.04. The first kappa shape index (κ1) is 7.12. The number of ether oxygens (including phenoxy) is 1. The molecule has 1 saturated heterocycles. The summed E-state index contributed by atoms with van der Waals surface area (Å²) in [7, 11) is 0. The van der Waals surface area contributed by atoms with E-state index in [9.17, 15) is 4.79 Å². The van der Waals surface area contributed by atoms with Gasteiger partial charge in [-0.1, -0.05) is 13.0 Å². The maximum Gasteiger partial charge on any atom is 0.413 e.